The molecule has 1 aliphatic rings. The van der Waals surface area contributed by atoms with Crippen LogP contribution in [0.25, 0.3) is 0 Å². The molecule has 1 saturated heterocycles. The third-order valence-corrected chi connectivity index (χ3v) is 7.36. The number of hydrogen-bond acceptors (Lipinski definition) is 6. The van der Waals surface area contributed by atoms with Crippen molar-refractivity contribution < 1.29 is 23.9 Å². The van der Waals surface area contributed by atoms with Crippen LogP contribution >= 0.6 is 0 Å². The van der Waals surface area contributed by atoms with Crippen molar-refractivity contribution in [3.8, 4) is 0 Å². The van der Waals surface area contributed by atoms with Crippen LogP contribution in [0.2, 0.25) is 0 Å². The van der Waals surface area contributed by atoms with E-state index in [-0.39, 0.29) is 48.0 Å². The second-order valence-electron chi connectivity index (χ2n) is 10.9. The van der Waals surface area contributed by atoms with Crippen molar-refractivity contribution >= 4 is 17.8 Å². The van der Waals surface area contributed by atoms with Gasteiger partial charge in [0.15, 0.2) is 0 Å². The Labute approximate surface area is 207 Å². The monoisotopic (exact) mass is 483 g/mol. The van der Waals surface area contributed by atoms with Crippen molar-refractivity contribution in [1.82, 2.24) is 15.1 Å². The molecule has 0 aromatic carbocycles. The van der Waals surface area contributed by atoms with E-state index in [1.54, 1.807) is 19.1 Å². The van der Waals surface area contributed by atoms with E-state index in [9.17, 15) is 14.4 Å². The van der Waals surface area contributed by atoms with E-state index < -0.39 is 17.7 Å². The summed E-state index contributed by atoms with van der Waals surface area (Å²) in [6.45, 7) is 15.1. The number of ether oxygens (including phenoxy) is 2. The number of nitrogens with one attached hydrogen (secondary N) is 1. The van der Waals surface area contributed by atoms with Crippen molar-refractivity contribution in [2.45, 2.75) is 97.9 Å². The van der Waals surface area contributed by atoms with E-state index in [0.717, 1.165) is 25.8 Å². The van der Waals surface area contributed by atoms with E-state index in [1.807, 2.05) is 41.7 Å². The Morgan fingerprint density at radius 3 is 2.21 bits per heavy atom. The van der Waals surface area contributed by atoms with Gasteiger partial charge < -0.3 is 19.7 Å². The average Bonchev–Trinajstić information content (AvgIpc) is 3.13. The molecule has 1 aliphatic heterocycles. The summed E-state index contributed by atoms with van der Waals surface area (Å²) in [4.78, 5) is 43.1. The number of hydrogen-bond donors (Lipinski definition) is 1. The number of methoxy groups -OCH3 is 1. The van der Waals surface area contributed by atoms with Gasteiger partial charge in [-0.1, -0.05) is 48.0 Å². The first-order valence-corrected chi connectivity index (χ1v) is 12.8. The van der Waals surface area contributed by atoms with E-state index in [2.05, 4.69) is 24.1 Å². The summed E-state index contributed by atoms with van der Waals surface area (Å²) >= 11 is 0. The summed E-state index contributed by atoms with van der Waals surface area (Å²) in [5.74, 6) is -0.386. The van der Waals surface area contributed by atoms with Gasteiger partial charge in [-0.25, -0.2) is 0 Å². The Hall–Kier alpha value is -1.67. The molecule has 0 aliphatic carbocycles. The van der Waals surface area contributed by atoms with Gasteiger partial charge >= 0.3 is 5.97 Å². The van der Waals surface area contributed by atoms with Gasteiger partial charge in [-0.05, 0) is 51.1 Å². The highest BCUT2D eigenvalue weighted by Gasteiger charge is 2.44. The van der Waals surface area contributed by atoms with Crippen LogP contribution in [0, 0.1) is 17.8 Å². The molecule has 8 heteroatoms. The highest BCUT2D eigenvalue weighted by Crippen LogP contribution is 2.28. The standard InChI is InChI=1S/C26H49N3O5/c1-11-19(6)23(20(33-10)15-21(30)34-16-17(2)3)29(9)24(31)22(18(4)5)27-25(32)26(7)13-12-14-28(26)8/h17-20,22-23H,11-16H2,1-10H3,(H,27,32)/t19-,20+,22-,23-,26-/m0/s1. The van der Waals surface area contributed by atoms with Crippen molar-refractivity contribution in [2.75, 3.05) is 34.4 Å². The van der Waals surface area contributed by atoms with E-state index >= 15 is 0 Å². The summed E-state index contributed by atoms with van der Waals surface area (Å²) in [7, 11) is 5.26. The molecule has 0 aromatic rings. The van der Waals surface area contributed by atoms with Crippen LogP contribution in [-0.4, -0.2) is 85.7 Å². The summed E-state index contributed by atoms with van der Waals surface area (Å²) < 4.78 is 11.1. The SMILES string of the molecule is CC[C@H](C)[C@@H]([C@@H](CC(=O)OCC(C)C)OC)N(C)C(=O)[C@@H](NC(=O)[C@]1(C)CCCN1C)C(C)C. The van der Waals surface area contributed by atoms with E-state index in [1.165, 1.54) is 0 Å². The van der Waals surface area contributed by atoms with Crippen molar-refractivity contribution in [3.05, 3.63) is 0 Å². The molecule has 1 N–H and O–H groups in total. The fraction of sp³-hybridized carbons (Fsp3) is 0.885. The maximum atomic E-state index is 13.7. The predicted molar refractivity (Wildman–Crippen MR) is 134 cm³/mol. The third kappa shape index (κ3) is 7.67. The number of esters is 1. The van der Waals surface area contributed by atoms with Gasteiger partial charge in [-0.2, -0.15) is 0 Å². The quantitative estimate of drug-likeness (QED) is 0.405. The van der Waals surface area contributed by atoms with E-state index in [0.29, 0.717) is 6.61 Å². The normalized spacial score (nSPS) is 22.4. The summed E-state index contributed by atoms with van der Waals surface area (Å²) in [6, 6.07) is -1.00. The largest absolute Gasteiger partial charge is 0.465 e. The fourth-order valence-corrected chi connectivity index (χ4v) is 4.63. The molecule has 2 amide bonds. The topological polar surface area (TPSA) is 88.2 Å². The lowest BCUT2D eigenvalue weighted by atomic mass is 9.89. The predicted octanol–water partition coefficient (Wildman–Crippen LogP) is 3.09. The molecule has 198 valence electrons. The fourth-order valence-electron chi connectivity index (χ4n) is 4.63. The van der Waals surface area contributed by atoms with Crippen molar-refractivity contribution in [2.24, 2.45) is 17.8 Å². The zero-order chi connectivity index (χ0) is 26.2. The molecule has 34 heavy (non-hydrogen) atoms. The molecule has 0 saturated carbocycles. The first-order valence-electron chi connectivity index (χ1n) is 12.8. The Morgan fingerprint density at radius 1 is 1.15 bits per heavy atom. The van der Waals surface area contributed by atoms with Gasteiger partial charge in [0.2, 0.25) is 11.8 Å². The molecule has 5 atom stereocenters. The zero-order valence-corrected chi connectivity index (χ0v) is 23.1. The van der Waals surface area contributed by atoms with Gasteiger partial charge in [0.25, 0.3) is 0 Å². The van der Waals surface area contributed by atoms with Crippen LogP contribution in [-0.2, 0) is 23.9 Å². The van der Waals surface area contributed by atoms with E-state index in [4.69, 9.17) is 9.47 Å². The molecule has 1 fully saturated rings. The maximum Gasteiger partial charge on any atom is 0.308 e. The van der Waals surface area contributed by atoms with Gasteiger partial charge in [-0.3, -0.25) is 19.3 Å². The Balaban J connectivity index is 3.09. The maximum absolute atomic E-state index is 13.7. The second kappa shape index (κ2) is 13.4. The highest BCUT2D eigenvalue weighted by atomic mass is 16.5. The van der Waals surface area contributed by atoms with Crippen LogP contribution in [0.15, 0.2) is 0 Å². The highest BCUT2D eigenvalue weighted by molar-refractivity contribution is 5.92. The van der Waals surface area contributed by atoms with Crippen LogP contribution in [0.5, 0.6) is 0 Å². The average molecular weight is 484 g/mol. The van der Waals surface area contributed by atoms with Crippen molar-refractivity contribution in [3.63, 3.8) is 0 Å². The summed E-state index contributed by atoms with van der Waals surface area (Å²) in [5.41, 5.74) is -0.614. The van der Waals surface area contributed by atoms with Crippen LogP contribution in [0.1, 0.15) is 74.1 Å². The number of carbonyl (C=O) groups is 3. The summed E-state index contributed by atoms with van der Waals surface area (Å²) in [5, 5.41) is 3.05. The smallest absolute Gasteiger partial charge is 0.308 e. The van der Waals surface area contributed by atoms with Crippen LogP contribution < -0.4 is 5.32 Å². The molecule has 8 nitrogen and oxygen atoms in total. The number of carbonyl (C=O) groups excluding carboxylic acids is 3. The molecule has 0 radical (unpaired) electrons. The number of likely N-dealkylation sites (N-methyl/N-ethyl adjacent to an activating group) is 2. The van der Waals surface area contributed by atoms with Gasteiger partial charge in [0, 0.05) is 14.2 Å². The minimum atomic E-state index is -0.666. The van der Waals surface area contributed by atoms with Crippen LogP contribution in [0.3, 0.4) is 0 Å². The third-order valence-electron chi connectivity index (χ3n) is 7.36. The number of nitrogens with zero attached hydrogens (tertiary/aromatic N) is 2. The number of likely N-dealkylation sites (tertiary alicyclic amines) is 1. The Kier molecular flexibility index (Phi) is 12.0. The van der Waals surface area contributed by atoms with Crippen LogP contribution in [0.4, 0.5) is 0 Å². The molecule has 0 bridgehead atoms. The zero-order valence-electron chi connectivity index (χ0n) is 23.1. The number of amides is 2. The van der Waals surface area contributed by atoms with Gasteiger partial charge in [0.05, 0.1) is 30.7 Å². The molecule has 0 unspecified atom stereocenters. The first-order chi connectivity index (χ1) is 15.8. The molecule has 1 rings (SSSR count). The molecular weight excluding hydrogens is 434 g/mol. The lowest BCUT2D eigenvalue weighted by Crippen LogP contribution is -2.61. The van der Waals surface area contributed by atoms with Crippen molar-refractivity contribution in [1.29, 1.82) is 0 Å². The molecule has 0 aromatic heterocycles. The lowest BCUT2D eigenvalue weighted by Gasteiger charge is -2.40. The lowest BCUT2D eigenvalue weighted by molar-refractivity contribution is -0.152. The molecule has 0 spiro atoms. The van der Waals surface area contributed by atoms with Gasteiger partial charge in [0.1, 0.15) is 6.04 Å². The minimum Gasteiger partial charge on any atom is -0.465 e. The minimum absolute atomic E-state index is 0.0669. The summed E-state index contributed by atoms with van der Waals surface area (Å²) in [6.07, 6.45) is 2.09. The second-order valence-corrected chi connectivity index (χ2v) is 10.9. The Morgan fingerprint density at radius 2 is 1.76 bits per heavy atom. The Bertz CT molecular complexity index is 683. The number of rotatable bonds is 13. The van der Waals surface area contributed by atoms with Gasteiger partial charge in [-0.15, -0.1) is 0 Å². The first kappa shape index (κ1) is 30.4. The molecular formula is C26H49N3O5. The molecule has 1 heterocycles.